The van der Waals surface area contributed by atoms with E-state index < -0.39 is 0 Å². The third kappa shape index (κ3) is 3.29. The first-order chi connectivity index (χ1) is 9.76. The quantitative estimate of drug-likeness (QED) is 0.874. The van der Waals surface area contributed by atoms with Gasteiger partial charge in [-0.1, -0.05) is 18.2 Å². The summed E-state index contributed by atoms with van der Waals surface area (Å²) in [5, 5.41) is 9.67. The SMILES string of the molecule is OC1CCC2(CC1)CCC(/C=C/c1cccnc1)CC2. The number of rotatable bonds is 2. The van der Waals surface area contributed by atoms with Gasteiger partial charge in [0.2, 0.25) is 0 Å². The van der Waals surface area contributed by atoms with E-state index in [0.717, 1.165) is 18.8 Å². The maximum Gasteiger partial charge on any atom is 0.0540 e. The Morgan fingerprint density at radius 3 is 2.45 bits per heavy atom. The molecule has 0 amide bonds. The van der Waals surface area contributed by atoms with Crippen LogP contribution in [0, 0.1) is 11.3 Å². The lowest BCUT2D eigenvalue weighted by molar-refractivity contribution is 0.0336. The van der Waals surface area contributed by atoms with E-state index in [9.17, 15) is 5.11 Å². The van der Waals surface area contributed by atoms with Gasteiger partial charge in [0, 0.05) is 12.4 Å². The van der Waals surface area contributed by atoms with Gasteiger partial charge in [-0.2, -0.15) is 0 Å². The van der Waals surface area contributed by atoms with E-state index >= 15 is 0 Å². The molecule has 0 bridgehead atoms. The molecule has 108 valence electrons. The molecule has 2 fully saturated rings. The van der Waals surface area contributed by atoms with Crippen LogP contribution in [0.3, 0.4) is 0 Å². The Morgan fingerprint density at radius 1 is 1.10 bits per heavy atom. The second-order valence-corrected chi connectivity index (χ2v) is 6.71. The Bertz CT molecular complexity index is 436. The van der Waals surface area contributed by atoms with Crippen molar-refractivity contribution in [1.82, 2.24) is 4.98 Å². The van der Waals surface area contributed by atoms with E-state index in [-0.39, 0.29) is 6.10 Å². The van der Waals surface area contributed by atoms with Crippen LogP contribution in [0.1, 0.15) is 56.9 Å². The van der Waals surface area contributed by atoms with Gasteiger partial charge in [-0.15, -0.1) is 0 Å². The minimum atomic E-state index is -0.0242. The topological polar surface area (TPSA) is 33.1 Å². The van der Waals surface area contributed by atoms with Crippen molar-refractivity contribution in [2.45, 2.75) is 57.5 Å². The van der Waals surface area contributed by atoms with Crippen molar-refractivity contribution in [3.05, 3.63) is 36.2 Å². The summed E-state index contributed by atoms with van der Waals surface area (Å²) in [7, 11) is 0. The van der Waals surface area contributed by atoms with Gasteiger partial charge < -0.3 is 5.11 Å². The van der Waals surface area contributed by atoms with Crippen molar-refractivity contribution >= 4 is 6.08 Å². The summed E-state index contributed by atoms with van der Waals surface area (Å²) >= 11 is 0. The highest BCUT2D eigenvalue weighted by molar-refractivity contribution is 5.47. The largest absolute Gasteiger partial charge is 0.393 e. The molecule has 2 aliphatic carbocycles. The summed E-state index contributed by atoms with van der Waals surface area (Å²) in [4.78, 5) is 4.15. The second kappa shape index (κ2) is 6.09. The standard InChI is InChI=1S/C18H25NO/c20-17-7-11-18(12-8-17)9-5-15(6-10-18)3-4-16-2-1-13-19-14-16/h1-4,13-15,17,20H,5-12H2/b4-3+. The van der Waals surface area contributed by atoms with Crippen LogP contribution in [0.25, 0.3) is 6.08 Å². The van der Waals surface area contributed by atoms with Crippen LogP contribution < -0.4 is 0 Å². The highest BCUT2D eigenvalue weighted by Crippen LogP contribution is 2.49. The minimum Gasteiger partial charge on any atom is -0.393 e. The van der Waals surface area contributed by atoms with Crippen molar-refractivity contribution in [1.29, 1.82) is 0 Å². The van der Waals surface area contributed by atoms with Crippen LogP contribution in [0.15, 0.2) is 30.6 Å². The van der Waals surface area contributed by atoms with Gasteiger partial charge in [0.15, 0.2) is 0 Å². The summed E-state index contributed by atoms with van der Waals surface area (Å²) < 4.78 is 0. The predicted octanol–water partition coefficient (Wildman–Crippen LogP) is 4.21. The van der Waals surface area contributed by atoms with Crippen molar-refractivity contribution < 1.29 is 5.11 Å². The van der Waals surface area contributed by atoms with E-state index in [0.29, 0.717) is 5.41 Å². The molecule has 2 nitrogen and oxygen atoms in total. The van der Waals surface area contributed by atoms with Crippen LogP contribution >= 0.6 is 0 Å². The third-order valence-corrected chi connectivity index (χ3v) is 5.35. The van der Waals surface area contributed by atoms with Crippen molar-refractivity contribution in [2.24, 2.45) is 11.3 Å². The molecule has 0 radical (unpaired) electrons. The smallest absolute Gasteiger partial charge is 0.0540 e. The van der Waals surface area contributed by atoms with Crippen molar-refractivity contribution in [2.75, 3.05) is 0 Å². The number of allylic oxidation sites excluding steroid dienone is 1. The lowest BCUT2D eigenvalue weighted by atomic mass is 9.63. The van der Waals surface area contributed by atoms with Gasteiger partial charge in [0.05, 0.1) is 6.10 Å². The van der Waals surface area contributed by atoms with E-state index in [1.54, 1.807) is 0 Å². The van der Waals surface area contributed by atoms with E-state index in [1.807, 2.05) is 18.5 Å². The molecule has 20 heavy (non-hydrogen) atoms. The molecule has 1 aromatic heterocycles. The Hall–Kier alpha value is -1.15. The Kier molecular flexibility index (Phi) is 4.21. The molecule has 1 aromatic rings. The number of aromatic nitrogens is 1. The molecule has 2 aliphatic rings. The van der Waals surface area contributed by atoms with Gasteiger partial charge in [0.25, 0.3) is 0 Å². The van der Waals surface area contributed by atoms with E-state index in [1.165, 1.54) is 44.1 Å². The zero-order chi connectivity index (χ0) is 13.8. The molecule has 1 heterocycles. The molecule has 0 aliphatic heterocycles. The second-order valence-electron chi connectivity index (χ2n) is 6.71. The minimum absolute atomic E-state index is 0.0242. The summed E-state index contributed by atoms with van der Waals surface area (Å²) in [5.74, 6) is 0.729. The molecule has 0 saturated heterocycles. The monoisotopic (exact) mass is 271 g/mol. The number of hydrogen-bond acceptors (Lipinski definition) is 2. The maximum atomic E-state index is 9.67. The fraction of sp³-hybridized carbons (Fsp3) is 0.611. The first kappa shape index (κ1) is 13.8. The molecular formula is C18H25NO. The highest BCUT2D eigenvalue weighted by Gasteiger charge is 2.37. The highest BCUT2D eigenvalue weighted by atomic mass is 16.3. The molecule has 0 unspecified atom stereocenters. The number of hydrogen-bond donors (Lipinski definition) is 1. The molecule has 1 spiro atoms. The Labute approximate surface area is 121 Å². The summed E-state index contributed by atoms with van der Waals surface area (Å²) in [6.45, 7) is 0. The summed E-state index contributed by atoms with van der Waals surface area (Å²) in [5.41, 5.74) is 1.77. The lowest BCUT2D eigenvalue weighted by Gasteiger charge is -2.43. The molecule has 2 heteroatoms. The van der Waals surface area contributed by atoms with Gasteiger partial charge >= 0.3 is 0 Å². The summed E-state index contributed by atoms with van der Waals surface area (Å²) in [6.07, 6.45) is 18.2. The van der Waals surface area contributed by atoms with Gasteiger partial charge in [-0.05, 0) is 74.3 Å². The predicted molar refractivity (Wildman–Crippen MR) is 82.1 cm³/mol. The van der Waals surface area contributed by atoms with Crippen LogP contribution in [0.2, 0.25) is 0 Å². The molecule has 2 saturated carbocycles. The van der Waals surface area contributed by atoms with Crippen molar-refractivity contribution in [3.63, 3.8) is 0 Å². The average Bonchev–Trinajstić information content (AvgIpc) is 2.51. The van der Waals surface area contributed by atoms with Crippen LogP contribution in [0.4, 0.5) is 0 Å². The zero-order valence-corrected chi connectivity index (χ0v) is 12.2. The molecule has 3 rings (SSSR count). The van der Waals surface area contributed by atoms with Crippen molar-refractivity contribution in [3.8, 4) is 0 Å². The van der Waals surface area contributed by atoms with Crippen LogP contribution in [-0.4, -0.2) is 16.2 Å². The lowest BCUT2D eigenvalue weighted by Crippen LogP contribution is -2.33. The van der Waals surface area contributed by atoms with Crippen LogP contribution in [-0.2, 0) is 0 Å². The van der Waals surface area contributed by atoms with Gasteiger partial charge in [-0.25, -0.2) is 0 Å². The van der Waals surface area contributed by atoms with Crippen LogP contribution in [0.5, 0.6) is 0 Å². The van der Waals surface area contributed by atoms with E-state index in [4.69, 9.17) is 0 Å². The molecule has 1 N–H and O–H groups in total. The third-order valence-electron chi connectivity index (χ3n) is 5.35. The Balaban J connectivity index is 1.53. The number of aliphatic hydroxyl groups excluding tert-OH is 1. The normalized spacial score (nSPS) is 34.6. The van der Waals surface area contributed by atoms with E-state index in [2.05, 4.69) is 23.2 Å². The van der Waals surface area contributed by atoms with Gasteiger partial charge in [-0.3, -0.25) is 4.98 Å². The maximum absolute atomic E-state index is 9.67. The molecule has 0 aromatic carbocycles. The first-order valence-corrected chi connectivity index (χ1v) is 8.02. The number of aliphatic hydroxyl groups is 1. The molecular weight excluding hydrogens is 246 g/mol. The Morgan fingerprint density at radius 2 is 1.80 bits per heavy atom. The average molecular weight is 271 g/mol. The zero-order valence-electron chi connectivity index (χ0n) is 12.2. The fourth-order valence-electron chi connectivity index (χ4n) is 3.88. The summed E-state index contributed by atoms with van der Waals surface area (Å²) in [6, 6.07) is 4.10. The fourth-order valence-corrected chi connectivity index (χ4v) is 3.88. The molecule has 0 atom stereocenters. The number of nitrogens with zero attached hydrogens (tertiary/aromatic N) is 1. The van der Waals surface area contributed by atoms with Gasteiger partial charge in [0.1, 0.15) is 0 Å². The number of pyridine rings is 1. The first-order valence-electron chi connectivity index (χ1n) is 8.02.